The van der Waals surface area contributed by atoms with Gasteiger partial charge in [0.1, 0.15) is 0 Å². The molecule has 0 saturated carbocycles. The Bertz CT molecular complexity index is 514. The number of likely N-dealkylation sites (tertiary alicyclic amines) is 1. The van der Waals surface area contributed by atoms with E-state index in [9.17, 15) is 4.79 Å². The maximum Gasteiger partial charge on any atom is 0.253 e. The van der Waals surface area contributed by atoms with Gasteiger partial charge in [-0.15, -0.1) is 0 Å². The highest BCUT2D eigenvalue weighted by molar-refractivity contribution is 5.95. The average Bonchev–Trinajstić information content (AvgIpc) is 3.04. The molecular weight excluding hydrogens is 238 g/mol. The number of hydrogen-bond acceptors (Lipinski definition) is 3. The summed E-state index contributed by atoms with van der Waals surface area (Å²) in [5, 5.41) is 3.32. The van der Waals surface area contributed by atoms with Gasteiger partial charge < -0.3 is 16.0 Å². The van der Waals surface area contributed by atoms with Crippen LogP contribution in [0.2, 0.25) is 0 Å². The van der Waals surface area contributed by atoms with Crippen molar-refractivity contribution in [3.63, 3.8) is 0 Å². The van der Waals surface area contributed by atoms with Crippen LogP contribution in [0.25, 0.3) is 0 Å². The van der Waals surface area contributed by atoms with Crippen molar-refractivity contribution in [2.45, 2.75) is 19.8 Å². The van der Waals surface area contributed by atoms with Gasteiger partial charge in [-0.2, -0.15) is 0 Å². The van der Waals surface area contributed by atoms with Crippen LogP contribution in [0, 0.1) is 5.41 Å². The Balaban J connectivity index is 1.78. The lowest BCUT2D eigenvalue weighted by Crippen LogP contribution is -2.34. The fourth-order valence-electron chi connectivity index (χ4n) is 2.98. The molecule has 3 N–H and O–H groups in total. The monoisotopic (exact) mass is 259 g/mol. The summed E-state index contributed by atoms with van der Waals surface area (Å²) in [6, 6.07) is 5.99. The second-order valence-electron chi connectivity index (χ2n) is 6.04. The summed E-state index contributed by atoms with van der Waals surface area (Å²) in [7, 11) is 0. The third-order valence-corrected chi connectivity index (χ3v) is 4.40. The van der Waals surface area contributed by atoms with E-state index in [0.29, 0.717) is 6.54 Å². The molecule has 4 heteroatoms. The van der Waals surface area contributed by atoms with E-state index in [-0.39, 0.29) is 11.3 Å². The van der Waals surface area contributed by atoms with Crippen molar-refractivity contribution in [3.05, 3.63) is 29.3 Å². The van der Waals surface area contributed by atoms with E-state index >= 15 is 0 Å². The van der Waals surface area contributed by atoms with E-state index in [0.717, 1.165) is 38.0 Å². The third kappa shape index (κ3) is 2.21. The van der Waals surface area contributed by atoms with Crippen molar-refractivity contribution < 1.29 is 4.79 Å². The Kier molecular flexibility index (Phi) is 2.97. The summed E-state index contributed by atoms with van der Waals surface area (Å²) in [5.74, 6) is 0.145. The molecule has 4 nitrogen and oxygen atoms in total. The number of rotatable bonds is 2. The molecule has 2 aliphatic rings. The number of hydrogen-bond donors (Lipinski definition) is 2. The maximum atomic E-state index is 12.5. The number of carbonyl (C=O) groups is 1. The summed E-state index contributed by atoms with van der Waals surface area (Å²) < 4.78 is 0. The minimum absolute atomic E-state index is 0.0912. The van der Waals surface area contributed by atoms with Crippen molar-refractivity contribution in [2.75, 3.05) is 31.5 Å². The predicted molar refractivity (Wildman–Crippen MR) is 76.3 cm³/mol. The lowest BCUT2D eigenvalue weighted by Gasteiger charge is -2.22. The van der Waals surface area contributed by atoms with Crippen LogP contribution in [0.5, 0.6) is 0 Å². The molecule has 3 rings (SSSR count). The van der Waals surface area contributed by atoms with Crippen LogP contribution in [0.3, 0.4) is 0 Å². The van der Waals surface area contributed by atoms with Crippen molar-refractivity contribution in [1.29, 1.82) is 0 Å². The van der Waals surface area contributed by atoms with Crippen LogP contribution < -0.4 is 11.1 Å². The Morgan fingerprint density at radius 3 is 3.11 bits per heavy atom. The number of benzene rings is 1. The van der Waals surface area contributed by atoms with E-state index in [1.54, 1.807) is 0 Å². The number of nitrogens with zero attached hydrogens (tertiary/aromatic N) is 1. The Morgan fingerprint density at radius 2 is 2.37 bits per heavy atom. The first-order valence-electron chi connectivity index (χ1n) is 6.97. The minimum atomic E-state index is 0.0912. The zero-order chi connectivity index (χ0) is 13.5. The van der Waals surface area contributed by atoms with Crippen LogP contribution in [-0.2, 0) is 6.42 Å². The highest BCUT2D eigenvalue weighted by atomic mass is 16.2. The molecule has 0 bridgehead atoms. The van der Waals surface area contributed by atoms with Crippen molar-refractivity contribution in [2.24, 2.45) is 11.1 Å². The molecule has 1 aromatic carbocycles. The van der Waals surface area contributed by atoms with Crippen LogP contribution in [0.4, 0.5) is 5.69 Å². The highest BCUT2D eigenvalue weighted by Gasteiger charge is 2.35. The van der Waals surface area contributed by atoms with Crippen molar-refractivity contribution >= 4 is 11.6 Å². The lowest BCUT2D eigenvalue weighted by molar-refractivity contribution is 0.0777. The second-order valence-corrected chi connectivity index (χ2v) is 6.04. The molecule has 19 heavy (non-hydrogen) atoms. The number of carbonyl (C=O) groups excluding carboxylic acids is 1. The molecule has 0 aromatic heterocycles. The van der Waals surface area contributed by atoms with Gasteiger partial charge in [0.2, 0.25) is 0 Å². The molecule has 0 radical (unpaired) electrons. The molecule has 102 valence electrons. The maximum absolute atomic E-state index is 12.5. The lowest BCUT2D eigenvalue weighted by atomic mass is 9.90. The first kappa shape index (κ1) is 12.5. The summed E-state index contributed by atoms with van der Waals surface area (Å²) in [5.41, 5.74) is 9.12. The number of fused-ring (bicyclic) bond motifs is 1. The van der Waals surface area contributed by atoms with E-state index in [1.807, 2.05) is 23.1 Å². The Labute approximate surface area is 114 Å². The summed E-state index contributed by atoms with van der Waals surface area (Å²) in [6.45, 7) is 5.37. The molecule has 1 amide bonds. The van der Waals surface area contributed by atoms with Gasteiger partial charge in [-0.25, -0.2) is 0 Å². The highest BCUT2D eigenvalue weighted by Crippen LogP contribution is 2.30. The number of nitrogens with two attached hydrogens (primary N) is 1. The summed E-state index contributed by atoms with van der Waals surface area (Å²) in [6.07, 6.45) is 2.01. The van der Waals surface area contributed by atoms with Gasteiger partial charge in [-0.05, 0) is 48.6 Å². The minimum Gasteiger partial charge on any atom is -0.384 e. The van der Waals surface area contributed by atoms with E-state index in [1.165, 1.54) is 11.3 Å². The van der Waals surface area contributed by atoms with Gasteiger partial charge in [-0.1, -0.05) is 6.92 Å². The fraction of sp³-hybridized carbons (Fsp3) is 0.533. The summed E-state index contributed by atoms with van der Waals surface area (Å²) in [4.78, 5) is 14.5. The molecule has 1 unspecified atom stereocenters. The van der Waals surface area contributed by atoms with Gasteiger partial charge in [-0.3, -0.25) is 4.79 Å². The van der Waals surface area contributed by atoms with Gasteiger partial charge in [0.15, 0.2) is 0 Å². The van der Waals surface area contributed by atoms with Gasteiger partial charge >= 0.3 is 0 Å². The Morgan fingerprint density at radius 1 is 1.53 bits per heavy atom. The van der Waals surface area contributed by atoms with Crippen LogP contribution >= 0.6 is 0 Å². The first-order chi connectivity index (χ1) is 9.11. The fourth-order valence-corrected chi connectivity index (χ4v) is 2.98. The first-order valence-corrected chi connectivity index (χ1v) is 6.97. The normalized spacial score (nSPS) is 25.3. The molecule has 1 aromatic rings. The van der Waals surface area contributed by atoms with E-state index in [2.05, 4.69) is 12.2 Å². The molecule has 1 saturated heterocycles. The van der Waals surface area contributed by atoms with Gasteiger partial charge in [0.05, 0.1) is 0 Å². The molecule has 0 spiro atoms. The van der Waals surface area contributed by atoms with Crippen LogP contribution in [-0.4, -0.2) is 37.0 Å². The molecule has 2 aliphatic heterocycles. The number of nitrogens with one attached hydrogen (secondary N) is 1. The third-order valence-electron chi connectivity index (χ3n) is 4.40. The van der Waals surface area contributed by atoms with Crippen LogP contribution in [0.1, 0.15) is 29.3 Å². The second kappa shape index (κ2) is 4.53. The van der Waals surface area contributed by atoms with Crippen molar-refractivity contribution in [3.8, 4) is 0 Å². The smallest absolute Gasteiger partial charge is 0.253 e. The van der Waals surface area contributed by atoms with E-state index in [4.69, 9.17) is 5.73 Å². The standard InChI is InChI=1S/C15H21N3O/c1-15(9-16)5-7-18(10-15)14(19)12-2-3-13-11(8-12)4-6-17-13/h2-3,8,17H,4-7,9-10,16H2,1H3. The topological polar surface area (TPSA) is 58.4 Å². The molecule has 0 aliphatic carbocycles. The zero-order valence-electron chi connectivity index (χ0n) is 11.4. The quantitative estimate of drug-likeness (QED) is 0.845. The molecule has 1 atom stereocenters. The van der Waals surface area contributed by atoms with Crippen LogP contribution in [0.15, 0.2) is 18.2 Å². The Hall–Kier alpha value is -1.55. The zero-order valence-corrected chi connectivity index (χ0v) is 11.4. The van der Waals surface area contributed by atoms with Crippen molar-refractivity contribution in [1.82, 2.24) is 4.90 Å². The molecular formula is C15H21N3O. The van der Waals surface area contributed by atoms with Gasteiger partial charge in [0, 0.05) is 30.9 Å². The predicted octanol–water partition coefficient (Wildman–Crippen LogP) is 1.47. The number of anilines is 1. The summed E-state index contributed by atoms with van der Waals surface area (Å²) >= 11 is 0. The largest absolute Gasteiger partial charge is 0.384 e. The molecule has 2 heterocycles. The number of amides is 1. The van der Waals surface area contributed by atoms with E-state index < -0.39 is 0 Å². The SMILES string of the molecule is CC1(CN)CCN(C(=O)c2ccc3c(c2)CCN3)C1. The van der Waals surface area contributed by atoms with Gasteiger partial charge in [0.25, 0.3) is 5.91 Å². The molecule has 1 fully saturated rings. The average molecular weight is 259 g/mol.